The van der Waals surface area contributed by atoms with Crippen LogP contribution in [0.1, 0.15) is 23.7 Å². The highest BCUT2D eigenvalue weighted by molar-refractivity contribution is 5.95. The van der Waals surface area contributed by atoms with Crippen LogP contribution >= 0.6 is 0 Å². The van der Waals surface area contributed by atoms with Crippen molar-refractivity contribution in [2.75, 3.05) is 11.1 Å². The van der Waals surface area contributed by atoms with E-state index in [1.54, 1.807) is 12.3 Å². The van der Waals surface area contributed by atoms with Crippen LogP contribution in [0.2, 0.25) is 0 Å². The average molecular weight is 218 g/mol. The number of aromatic amines is 1. The molecule has 0 aliphatic carbocycles. The van der Waals surface area contributed by atoms with Crippen LogP contribution in [0.4, 0.5) is 11.6 Å². The second-order valence-corrected chi connectivity index (χ2v) is 3.72. The molecule has 6 nitrogen and oxygen atoms in total. The maximum Gasteiger partial charge on any atom is 0.226 e. The second kappa shape index (κ2) is 3.13. The normalized spacial score (nSPS) is 19.2. The first-order valence-corrected chi connectivity index (χ1v) is 4.92. The van der Waals surface area contributed by atoms with Crippen LogP contribution in [0.15, 0.2) is 22.8 Å². The third kappa shape index (κ3) is 1.19. The molecule has 0 aromatic carbocycles. The second-order valence-electron chi connectivity index (χ2n) is 3.72. The molecule has 4 N–H and O–H groups in total. The maximum absolute atomic E-state index is 11.5. The van der Waals surface area contributed by atoms with Gasteiger partial charge in [0.15, 0.2) is 5.82 Å². The predicted molar refractivity (Wildman–Crippen MR) is 56.8 cm³/mol. The van der Waals surface area contributed by atoms with Gasteiger partial charge in [-0.3, -0.25) is 9.89 Å². The molecule has 16 heavy (non-hydrogen) atoms. The highest BCUT2D eigenvalue weighted by Gasteiger charge is 2.32. The molecule has 82 valence electrons. The Bertz CT molecular complexity index is 529. The summed E-state index contributed by atoms with van der Waals surface area (Å²) in [6, 6.07) is 3.62. The first-order valence-electron chi connectivity index (χ1n) is 4.92. The number of amides is 1. The minimum atomic E-state index is -0.155. The van der Waals surface area contributed by atoms with Crippen molar-refractivity contribution in [3.05, 3.63) is 29.7 Å². The molecule has 0 bridgehead atoms. The number of H-pyrrole nitrogens is 1. The maximum atomic E-state index is 11.5. The SMILES string of the molecule is Nc1[nH]nc2c1C(c1ccco1)CC(=O)N2. The predicted octanol–water partition coefficient (Wildman–Crippen LogP) is 1.06. The third-order valence-corrected chi connectivity index (χ3v) is 2.72. The van der Waals surface area contributed by atoms with Crippen molar-refractivity contribution in [1.29, 1.82) is 0 Å². The number of nitrogens with one attached hydrogen (secondary N) is 2. The van der Waals surface area contributed by atoms with Gasteiger partial charge in [-0.2, -0.15) is 5.10 Å². The van der Waals surface area contributed by atoms with E-state index in [-0.39, 0.29) is 11.8 Å². The fourth-order valence-electron chi connectivity index (χ4n) is 2.02. The van der Waals surface area contributed by atoms with E-state index >= 15 is 0 Å². The van der Waals surface area contributed by atoms with Gasteiger partial charge in [0, 0.05) is 12.0 Å². The summed E-state index contributed by atoms with van der Waals surface area (Å²) < 4.78 is 5.33. The number of aromatic nitrogens is 2. The lowest BCUT2D eigenvalue weighted by molar-refractivity contribution is -0.116. The van der Waals surface area contributed by atoms with Gasteiger partial charge in [0.05, 0.1) is 12.2 Å². The van der Waals surface area contributed by atoms with Gasteiger partial charge in [0.25, 0.3) is 0 Å². The van der Waals surface area contributed by atoms with Crippen LogP contribution in [-0.4, -0.2) is 16.1 Å². The van der Waals surface area contributed by atoms with Gasteiger partial charge in [-0.1, -0.05) is 0 Å². The van der Waals surface area contributed by atoms with Crippen molar-refractivity contribution in [2.24, 2.45) is 0 Å². The highest BCUT2D eigenvalue weighted by Crippen LogP contribution is 2.39. The molecule has 0 saturated carbocycles. The summed E-state index contributed by atoms with van der Waals surface area (Å²) in [6.45, 7) is 0. The first kappa shape index (κ1) is 9.02. The largest absolute Gasteiger partial charge is 0.469 e. The average Bonchev–Trinajstić information content (AvgIpc) is 2.87. The van der Waals surface area contributed by atoms with Crippen LogP contribution in [0.25, 0.3) is 0 Å². The fraction of sp³-hybridized carbons (Fsp3) is 0.200. The lowest BCUT2D eigenvalue weighted by Crippen LogP contribution is -2.23. The molecule has 1 aliphatic heterocycles. The van der Waals surface area contributed by atoms with Crippen LogP contribution < -0.4 is 11.1 Å². The van der Waals surface area contributed by atoms with Crippen molar-refractivity contribution >= 4 is 17.5 Å². The zero-order valence-electron chi connectivity index (χ0n) is 8.36. The van der Waals surface area contributed by atoms with E-state index in [9.17, 15) is 4.79 Å². The van der Waals surface area contributed by atoms with Crippen LogP contribution in [0.5, 0.6) is 0 Å². The van der Waals surface area contributed by atoms with Gasteiger partial charge >= 0.3 is 0 Å². The number of rotatable bonds is 1. The Kier molecular flexibility index (Phi) is 1.76. The van der Waals surface area contributed by atoms with E-state index in [1.807, 2.05) is 6.07 Å². The number of fused-ring (bicyclic) bond motifs is 1. The van der Waals surface area contributed by atoms with Crippen molar-refractivity contribution in [3.63, 3.8) is 0 Å². The Morgan fingerprint density at radius 3 is 3.19 bits per heavy atom. The number of furan rings is 1. The van der Waals surface area contributed by atoms with Crippen LogP contribution in [0.3, 0.4) is 0 Å². The Hall–Kier alpha value is -2.24. The Labute approximate surface area is 90.8 Å². The van der Waals surface area contributed by atoms with Crippen molar-refractivity contribution in [3.8, 4) is 0 Å². The lowest BCUT2D eigenvalue weighted by atomic mass is 9.91. The van der Waals surface area contributed by atoms with E-state index in [0.29, 0.717) is 18.1 Å². The van der Waals surface area contributed by atoms with E-state index < -0.39 is 0 Å². The van der Waals surface area contributed by atoms with E-state index in [1.165, 1.54) is 0 Å². The molecule has 1 atom stereocenters. The minimum absolute atomic E-state index is 0.0830. The van der Waals surface area contributed by atoms with Crippen LogP contribution in [-0.2, 0) is 4.79 Å². The Morgan fingerprint density at radius 2 is 2.44 bits per heavy atom. The summed E-state index contributed by atoms with van der Waals surface area (Å²) in [4.78, 5) is 11.5. The molecule has 0 fully saturated rings. The number of hydrogen-bond acceptors (Lipinski definition) is 4. The number of hydrogen-bond donors (Lipinski definition) is 3. The first-order chi connectivity index (χ1) is 7.75. The molecule has 1 amide bonds. The monoisotopic (exact) mass is 218 g/mol. The molecule has 2 aromatic rings. The summed E-state index contributed by atoms with van der Waals surface area (Å²) in [7, 11) is 0. The molecule has 6 heteroatoms. The number of nitrogen functional groups attached to an aromatic ring is 1. The van der Waals surface area contributed by atoms with E-state index in [2.05, 4.69) is 15.5 Å². The van der Waals surface area contributed by atoms with Crippen LogP contribution in [0, 0.1) is 0 Å². The zero-order chi connectivity index (χ0) is 11.1. The summed E-state index contributed by atoms with van der Waals surface area (Å²) >= 11 is 0. The van der Waals surface area contributed by atoms with E-state index in [4.69, 9.17) is 10.2 Å². The molecule has 0 saturated heterocycles. The summed E-state index contributed by atoms with van der Waals surface area (Å²) in [5.74, 6) is 1.45. The lowest BCUT2D eigenvalue weighted by Gasteiger charge is -2.20. The molecular weight excluding hydrogens is 208 g/mol. The number of nitrogens with two attached hydrogens (primary N) is 1. The van der Waals surface area contributed by atoms with E-state index in [0.717, 1.165) is 11.3 Å². The summed E-state index contributed by atoms with van der Waals surface area (Å²) in [5.41, 5.74) is 6.59. The summed E-state index contributed by atoms with van der Waals surface area (Å²) in [5, 5.41) is 9.28. The molecule has 3 heterocycles. The standard InChI is InChI=1S/C10H10N4O2/c11-9-8-5(6-2-1-3-16-6)4-7(15)12-10(8)14-13-9/h1-3,5H,4H2,(H4,11,12,13,14,15). The van der Waals surface area contributed by atoms with Crippen molar-refractivity contribution < 1.29 is 9.21 Å². The smallest absolute Gasteiger partial charge is 0.226 e. The summed E-state index contributed by atoms with van der Waals surface area (Å²) in [6.07, 6.45) is 1.90. The quantitative estimate of drug-likeness (QED) is 0.666. The molecule has 0 spiro atoms. The zero-order valence-corrected chi connectivity index (χ0v) is 8.36. The fourth-order valence-corrected chi connectivity index (χ4v) is 2.02. The van der Waals surface area contributed by atoms with Crippen molar-refractivity contribution in [2.45, 2.75) is 12.3 Å². The Morgan fingerprint density at radius 1 is 1.56 bits per heavy atom. The number of nitrogens with zero attached hydrogens (tertiary/aromatic N) is 1. The highest BCUT2D eigenvalue weighted by atomic mass is 16.3. The molecular formula is C10H10N4O2. The molecule has 1 unspecified atom stereocenters. The van der Waals surface area contributed by atoms with Gasteiger partial charge in [0.1, 0.15) is 11.6 Å². The van der Waals surface area contributed by atoms with Gasteiger partial charge in [-0.25, -0.2) is 0 Å². The molecule has 0 radical (unpaired) electrons. The molecule has 1 aliphatic rings. The van der Waals surface area contributed by atoms with Gasteiger partial charge < -0.3 is 15.5 Å². The van der Waals surface area contributed by atoms with Gasteiger partial charge in [-0.15, -0.1) is 0 Å². The van der Waals surface area contributed by atoms with Gasteiger partial charge in [-0.05, 0) is 12.1 Å². The number of carbonyl (C=O) groups is 1. The number of carbonyl (C=O) groups excluding carboxylic acids is 1. The number of anilines is 2. The molecule has 3 rings (SSSR count). The molecule has 2 aromatic heterocycles. The van der Waals surface area contributed by atoms with Crippen molar-refractivity contribution in [1.82, 2.24) is 10.2 Å². The topological polar surface area (TPSA) is 96.9 Å². The minimum Gasteiger partial charge on any atom is -0.469 e. The third-order valence-electron chi connectivity index (χ3n) is 2.72. The van der Waals surface area contributed by atoms with Gasteiger partial charge in [0.2, 0.25) is 5.91 Å². The Balaban J connectivity index is 2.13.